The third kappa shape index (κ3) is 6.65. The zero-order valence-electron chi connectivity index (χ0n) is 9.74. The molecule has 0 saturated heterocycles. The molecule has 2 N–H and O–H groups in total. The molecule has 0 saturated carbocycles. The third-order valence-electron chi connectivity index (χ3n) is 1.97. The van der Waals surface area contributed by atoms with Gasteiger partial charge < -0.3 is 9.47 Å². The van der Waals surface area contributed by atoms with Crippen LogP contribution in [0.4, 0.5) is 0 Å². The van der Waals surface area contributed by atoms with Crippen LogP contribution in [0.3, 0.4) is 0 Å². The first-order valence-electron chi connectivity index (χ1n) is 5.15. The minimum Gasteiger partial charge on any atom is -0.490 e. The van der Waals surface area contributed by atoms with E-state index in [2.05, 4.69) is 0 Å². The summed E-state index contributed by atoms with van der Waals surface area (Å²) in [6.45, 7) is 0.408. The molecule has 0 amide bonds. The Labute approximate surface area is 126 Å². The Hall–Kier alpha value is -0.240. The zero-order valence-corrected chi connectivity index (χ0v) is 12.8. The molecule has 0 unspecified atom stereocenters. The SMILES string of the molecule is NS(=O)(=O)CCOCCOc1cc(Cl)c(Cl)cc1Cl. The highest BCUT2D eigenvalue weighted by molar-refractivity contribution is 7.89. The molecule has 1 aromatic carbocycles. The van der Waals surface area contributed by atoms with E-state index in [1.165, 1.54) is 12.1 Å². The average Bonchev–Trinajstić information content (AvgIpc) is 2.28. The highest BCUT2D eigenvalue weighted by atomic mass is 35.5. The van der Waals surface area contributed by atoms with Crippen molar-refractivity contribution in [3.05, 3.63) is 27.2 Å². The highest BCUT2D eigenvalue weighted by Crippen LogP contribution is 2.33. The Balaban J connectivity index is 2.32. The fourth-order valence-electron chi connectivity index (χ4n) is 1.10. The molecular weight excluding hydrogens is 337 g/mol. The number of benzene rings is 1. The fraction of sp³-hybridized carbons (Fsp3) is 0.400. The Bertz CT molecular complexity index is 536. The maximum atomic E-state index is 10.6. The number of sulfonamides is 1. The first kappa shape index (κ1) is 16.8. The molecule has 0 radical (unpaired) electrons. The van der Waals surface area contributed by atoms with Gasteiger partial charge in [-0.3, -0.25) is 0 Å². The quantitative estimate of drug-likeness (QED) is 0.606. The van der Waals surface area contributed by atoms with Gasteiger partial charge in [0.1, 0.15) is 12.4 Å². The molecule has 9 heteroatoms. The lowest BCUT2D eigenvalue weighted by molar-refractivity contribution is 0.111. The summed E-state index contributed by atoms with van der Waals surface area (Å²) in [4.78, 5) is 0. The zero-order chi connectivity index (χ0) is 14.5. The van der Waals surface area contributed by atoms with E-state index in [1.807, 2.05) is 0 Å². The van der Waals surface area contributed by atoms with Crippen LogP contribution < -0.4 is 9.88 Å². The van der Waals surface area contributed by atoms with Crippen molar-refractivity contribution in [1.82, 2.24) is 0 Å². The van der Waals surface area contributed by atoms with Crippen molar-refractivity contribution in [2.45, 2.75) is 0 Å². The molecule has 0 bridgehead atoms. The first-order valence-corrected chi connectivity index (χ1v) is 8.00. The summed E-state index contributed by atoms with van der Waals surface area (Å²) >= 11 is 17.5. The minimum absolute atomic E-state index is 0.0112. The van der Waals surface area contributed by atoms with E-state index >= 15 is 0 Å². The standard InChI is InChI=1S/C10H12Cl3NO4S/c11-7-5-9(13)10(6-8(7)12)18-2-1-17-3-4-19(14,15)16/h5-6H,1-4H2,(H2,14,15,16). The molecule has 0 aliphatic heterocycles. The number of hydrogen-bond donors (Lipinski definition) is 1. The maximum Gasteiger partial charge on any atom is 0.211 e. The third-order valence-corrected chi connectivity index (χ3v) is 3.73. The van der Waals surface area contributed by atoms with Gasteiger partial charge in [0.05, 0.1) is 34.0 Å². The van der Waals surface area contributed by atoms with Crippen LogP contribution in [0.15, 0.2) is 12.1 Å². The fourth-order valence-corrected chi connectivity index (χ4v) is 2.04. The van der Waals surface area contributed by atoms with Crippen molar-refractivity contribution in [2.24, 2.45) is 5.14 Å². The summed E-state index contributed by atoms with van der Waals surface area (Å²) in [6, 6.07) is 2.97. The Morgan fingerprint density at radius 2 is 1.63 bits per heavy atom. The maximum absolute atomic E-state index is 10.6. The number of ether oxygens (including phenoxy) is 2. The van der Waals surface area contributed by atoms with Crippen molar-refractivity contribution in [3.63, 3.8) is 0 Å². The molecule has 0 aliphatic carbocycles. The van der Waals surface area contributed by atoms with Crippen LogP contribution in [0.5, 0.6) is 5.75 Å². The highest BCUT2D eigenvalue weighted by Gasteiger charge is 2.07. The van der Waals surface area contributed by atoms with E-state index in [4.69, 9.17) is 49.4 Å². The average molecular weight is 349 g/mol. The molecule has 0 atom stereocenters. The molecule has 19 heavy (non-hydrogen) atoms. The van der Waals surface area contributed by atoms with Crippen LogP contribution >= 0.6 is 34.8 Å². The summed E-state index contributed by atoms with van der Waals surface area (Å²) in [5.41, 5.74) is 0. The summed E-state index contributed by atoms with van der Waals surface area (Å²) < 4.78 is 31.6. The van der Waals surface area contributed by atoms with Gasteiger partial charge in [0.15, 0.2) is 0 Å². The van der Waals surface area contributed by atoms with Gasteiger partial charge in [0.2, 0.25) is 10.0 Å². The molecule has 0 aromatic heterocycles. The lowest BCUT2D eigenvalue weighted by atomic mass is 10.3. The van der Waals surface area contributed by atoms with Crippen LogP contribution in [-0.2, 0) is 14.8 Å². The number of primary sulfonamides is 1. The summed E-state index contributed by atoms with van der Waals surface area (Å²) in [7, 11) is -3.50. The van der Waals surface area contributed by atoms with E-state index in [9.17, 15) is 8.42 Å². The van der Waals surface area contributed by atoms with E-state index in [0.29, 0.717) is 20.8 Å². The number of rotatable bonds is 7. The molecule has 0 fully saturated rings. The van der Waals surface area contributed by atoms with Gasteiger partial charge in [-0.2, -0.15) is 0 Å². The van der Waals surface area contributed by atoms with Gasteiger partial charge in [-0.1, -0.05) is 34.8 Å². The molecule has 1 aromatic rings. The van der Waals surface area contributed by atoms with Crippen LogP contribution in [0, 0.1) is 0 Å². The molecule has 108 valence electrons. The topological polar surface area (TPSA) is 78.6 Å². The van der Waals surface area contributed by atoms with Crippen molar-refractivity contribution < 1.29 is 17.9 Å². The predicted molar refractivity (Wildman–Crippen MR) is 75.8 cm³/mol. The molecule has 0 spiro atoms. The monoisotopic (exact) mass is 347 g/mol. The minimum atomic E-state index is -3.50. The summed E-state index contributed by atoms with van der Waals surface area (Å²) in [6.07, 6.45) is 0. The Kier molecular flexibility index (Phi) is 6.65. The van der Waals surface area contributed by atoms with E-state index in [0.717, 1.165) is 0 Å². The van der Waals surface area contributed by atoms with E-state index in [-0.39, 0.29) is 25.6 Å². The van der Waals surface area contributed by atoms with Crippen molar-refractivity contribution in [1.29, 1.82) is 0 Å². The molecule has 5 nitrogen and oxygen atoms in total. The van der Waals surface area contributed by atoms with Crippen molar-refractivity contribution >= 4 is 44.8 Å². The lowest BCUT2D eigenvalue weighted by Gasteiger charge is -2.09. The number of nitrogens with two attached hydrogens (primary N) is 1. The van der Waals surface area contributed by atoms with E-state index in [1.54, 1.807) is 0 Å². The second kappa shape index (κ2) is 7.52. The molecule has 1 rings (SSSR count). The van der Waals surface area contributed by atoms with Crippen LogP contribution in [0.1, 0.15) is 0 Å². The van der Waals surface area contributed by atoms with Gasteiger partial charge in [-0.25, -0.2) is 13.6 Å². The van der Waals surface area contributed by atoms with E-state index < -0.39 is 10.0 Å². The number of hydrogen-bond acceptors (Lipinski definition) is 4. The van der Waals surface area contributed by atoms with Gasteiger partial charge >= 0.3 is 0 Å². The van der Waals surface area contributed by atoms with Gasteiger partial charge in [0, 0.05) is 6.07 Å². The Morgan fingerprint density at radius 1 is 1.00 bits per heavy atom. The largest absolute Gasteiger partial charge is 0.490 e. The lowest BCUT2D eigenvalue weighted by Crippen LogP contribution is -2.21. The molecular formula is C10H12Cl3NO4S. The predicted octanol–water partition coefficient (Wildman–Crippen LogP) is 2.33. The van der Waals surface area contributed by atoms with Crippen LogP contribution in [-0.4, -0.2) is 34.0 Å². The smallest absolute Gasteiger partial charge is 0.211 e. The first-order chi connectivity index (χ1) is 8.79. The van der Waals surface area contributed by atoms with Gasteiger partial charge in [-0.15, -0.1) is 0 Å². The molecule has 0 heterocycles. The second-order valence-corrected chi connectivity index (χ2v) is 6.48. The Morgan fingerprint density at radius 3 is 2.26 bits per heavy atom. The van der Waals surface area contributed by atoms with Crippen molar-refractivity contribution in [3.8, 4) is 5.75 Å². The summed E-state index contributed by atoms with van der Waals surface area (Å²) in [5.74, 6) is 0.145. The van der Waals surface area contributed by atoms with Gasteiger partial charge in [-0.05, 0) is 6.07 Å². The number of halogens is 3. The van der Waals surface area contributed by atoms with Crippen LogP contribution in [0.2, 0.25) is 15.1 Å². The van der Waals surface area contributed by atoms with Crippen LogP contribution in [0.25, 0.3) is 0 Å². The molecule has 0 aliphatic rings. The second-order valence-electron chi connectivity index (χ2n) is 3.52. The van der Waals surface area contributed by atoms with Crippen molar-refractivity contribution in [2.75, 3.05) is 25.6 Å². The summed E-state index contributed by atoms with van der Waals surface area (Å²) in [5, 5.41) is 5.81. The van der Waals surface area contributed by atoms with Gasteiger partial charge in [0.25, 0.3) is 0 Å². The normalized spacial score (nSPS) is 11.6.